The van der Waals surface area contributed by atoms with Gasteiger partial charge in [-0.2, -0.15) is 0 Å². The molecule has 4 rings (SSSR count). The number of nitrogens with zero attached hydrogens (tertiary/aromatic N) is 3. The third-order valence-corrected chi connectivity index (χ3v) is 4.55. The molecule has 26 heavy (non-hydrogen) atoms. The largest absolute Gasteiger partial charge is 0.476 e. The van der Waals surface area contributed by atoms with Crippen molar-refractivity contribution < 1.29 is 14.3 Å². The highest BCUT2D eigenvalue weighted by Crippen LogP contribution is 2.30. The number of rotatable bonds is 2. The van der Waals surface area contributed by atoms with Gasteiger partial charge < -0.3 is 5.11 Å². The molecule has 5 nitrogen and oxygen atoms in total. The maximum Gasteiger partial charge on any atom is 0.356 e. The molecule has 1 aliphatic rings. The summed E-state index contributed by atoms with van der Waals surface area (Å²) < 4.78 is 16.2. The minimum Gasteiger partial charge on any atom is -0.476 e. The van der Waals surface area contributed by atoms with Gasteiger partial charge in [-0.1, -0.05) is 23.7 Å². The van der Waals surface area contributed by atoms with Gasteiger partial charge in [0, 0.05) is 16.1 Å². The molecule has 0 bridgehead atoms. The third kappa shape index (κ3) is 2.50. The second-order valence-corrected chi connectivity index (χ2v) is 6.34. The van der Waals surface area contributed by atoms with Gasteiger partial charge in [-0.05, 0) is 37.3 Å². The highest BCUT2D eigenvalue weighted by Gasteiger charge is 2.27. The van der Waals surface area contributed by atoms with Gasteiger partial charge in [-0.3, -0.25) is 9.56 Å². The number of aromatic nitrogens is 2. The fourth-order valence-electron chi connectivity index (χ4n) is 3.23. The zero-order valence-corrected chi connectivity index (χ0v) is 14.5. The number of aliphatic imine (C=N–C) groups is 1. The van der Waals surface area contributed by atoms with E-state index < -0.39 is 11.8 Å². The zero-order valence-electron chi connectivity index (χ0n) is 13.7. The van der Waals surface area contributed by atoms with Crippen molar-refractivity contribution in [2.45, 2.75) is 13.5 Å². The molecule has 1 N–H and O–H groups in total. The summed E-state index contributed by atoms with van der Waals surface area (Å²) >= 11 is 6.18. The van der Waals surface area contributed by atoms with Crippen molar-refractivity contribution >= 4 is 23.3 Å². The lowest BCUT2D eigenvalue weighted by molar-refractivity contribution is 0.0689. The van der Waals surface area contributed by atoms with E-state index >= 15 is 0 Å². The maximum atomic E-state index is 14.4. The van der Waals surface area contributed by atoms with Crippen molar-refractivity contribution in [3.05, 3.63) is 81.6 Å². The summed E-state index contributed by atoms with van der Waals surface area (Å²) in [4.78, 5) is 20.3. The van der Waals surface area contributed by atoms with Gasteiger partial charge in [-0.15, -0.1) is 0 Å². The van der Waals surface area contributed by atoms with E-state index in [9.17, 15) is 14.3 Å². The predicted molar refractivity (Wildman–Crippen MR) is 96.0 cm³/mol. The van der Waals surface area contributed by atoms with E-state index in [1.165, 1.54) is 6.07 Å². The minimum absolute atomic E-state index is 0.0538. The maximum absolute atomic E-state index is 14.4. The number of carboxylic acids is 1. The highest BCUT2D eigenvalue weighted by molar-refractivity contribution is 6.31. The van der Waals surface area contributed by atoms with Crippen LogP contribution < -0.4 is 0 Å². The van der Waals surface area contributed by atoms with Crippen LogP contribution in [-0.4, -0.2) is 26.3 Å². The molecule has 0 saturated heterocycles. The normalized spacial score (nSPS) is 12.8. The molecule has 0 fully saturated rings. The van der Waals surface area contributed by atoms with Crippen molar-refractivity contribution in [1.29, 1.82) is 0 Å². The van der Waals surface area contributed by atoms with E-state index in [2.05, 4.69) is 9.98 Å². The summed E-state index contributed by atoms with van der Waals surface area (Å²) in [7, 11) is 0. The molecular formula is C19H13ClFN3O2. The molecule has 0 saturated carbocycles. The Morgan fingerprint density at radius 3 is 2.73 bits per heavy atom. The van der Waals surface area contributed by atoms with Crippen LogP contribution in [0.1, 0.15) is 33.1 Å². The van der Waals surface area contributed by atoms with Crippen molar-refractivity contribution in [3.63, 3.8) is 0 Å². The summed E-state index contributed by atoms with van der Waals surface area (Å²) in [5, 5.41) is 9.94. The number of halogens is 2. The molecule has 0 unspecified atom stereocenters. The molecule has 0 radical (unpaired) electrons. The molecule has 1 aromatic heterocycles. The number of aryl methyl sites for hydroxylation is 1. The van der Waals surface area contributed by atoms with E-state index in [-0.39, 0.29) is 12.2 Å². The smallest absolute Gasteiger partial charge is 0.356 e. The average molecular weight is 370 g/mol. The second-order valence-electron chi connectivity index (χ2n) is 5.90. The molecule has 3 aromatic rings. The highest BCUT2D eigenvalue weighted by atomic mass is 35.5. The first-order valence-electron chi connectivity index (χ1n) is 7.88. The summed E-state index contributed by atoms with van der Waals surface area (Å²) in [5.41, 5.74) is 2.45. The lowest BCUT2D eigenvalue weighted by atomic mass is 10.00. The third-order valence-electron chi connectivity index (χ3n) is 4.31. The van der Waals surface area contributed by atoms with Crippen LogP contribution >= 0.6 is 11.6 Å². The van der Waals surface area contributed by atoms with E-state index in [4.69, 9.17) is 11.6 Å². The van der Waals surface area contributed by atoms with Crippen molar-refractivity contribution in [2.75, 3.05) is 0 Å². The van der Waals surface area contributed by atoms with Gasteiger partial charge in [0.15, 0.2) is 5.69 Å². The summed E-state index contributed by atoms with van der Waals surface area (Å²) in [6, 6.07) is 11.5. The van der Waals surface area contributed by atoms with E-state index in [1.807, 2.05) is 0 Å². The topological polar surface area (TPSA) is 67.5 Å². The minimum atomic E-state index is -1.12. The quantitative estimate of drug-likeness (QED) is 0.741. The summed E-state index contributed by atoms with van der Waals surface area (Å²) in [6.07, 6.45) is 0. The number of aromatic carboxylic acids is 1. The Hall–Kier alpha value is -2.99. The Bertz CT molecular complexity index is 1090. The number of carbonyl (C=O) groups is 1. The fraction of sp³-hybridized carbons (Fsp3) is 0.105. The summed E-state index contributed by atoms with van der Waals surface area (Å²) in [5.74, 6) is -1.01. The Kier molecular flexibility index (Phi) is 3.85. The van der Waals surface area contributed by atoms with Crippen LogP contribution in [0.25, 0.3) is 5.69 Å². The van der Waals surface area contributed by atoms with Gasteiger partial charge >= 0.3 is 5.97 Å². The van der Waals surface area contributed by atoms with Crippen LogP contribution in [0.15, 0.2) is 47.5 Å². The Balaban J connectivity index is 2.05. The number of imidazole rings is 1. The van der Waals surface area contributed by atoms with Crippen LogP contribution in [0.4, 0.5) is 4.39 Å². The SMILES string of the molecule is Cc1nc(C(=O)O)c2n1-c1ccc(Cl)cc1C(c1ccccc1F)=NC2. The lowest BCUT2D eigenvalue weighted by Crippen LogP contribution is -2.09. The molecule has 0 atom stereocenters. The molecule has 130 valence electrons. The first-order valence-corrected chi connectivity index (χ1v) is 8.26. The lowest BCUT2D eigenvalue weighted by Gasteiger charge is -2.14. The molecule has 2 heterocycles. The van der Waals surface area contributed by atoms with E-state index in [0.717, 1.165) is 0 Å². The number of carboxylic acid groups (broad SMARTS) is 1. The first-order chi connectivity index (χ1) is 12.5. The second kappa shape index (κ2) is 6.07. The standard InChI is InChI=1S/C19H13ClFN3O2/c1-10-23-18(19(25)26)16-9-22-17(12-4-2-3-5-14(12)21)13-8-11(20)6-7-15(13)24(10)16/h2-8H,9H2,1H3,(H,25,26). The molecule has 2 aromatic carbocycles. The predicted octanol–water partition coefficient (Wildman–Crippen LogP) is 4.02. The van der Waals surface area contributed by atoms with Gasteiger partial charge in [0.2, 0.25) is 0 Å². The Morgan fingerprint density at radius 1 is 1.23 bits per heavy atom. The number of hydrogen-bond donors (Lipinski definition) is 1. The van der Waals surface area contributed by atoms with Crippen LogP contribution in [-0.2, 0) is 6.54 Å². The monoisotopic (exact) mass is 369 g/mol. The van der Waals surface area contributed by atoms with E-state index in [0.29, 0.717) is 39.1 Å². The Morgan fingerprint density at radius 2 is 2.00 bits per heavy atom. The molecule has 7 heteroatoms. The Labute approximate surface area is 153 Å². The average Bonchev–Trinajstić information content (AvgIpc) is 2.84. The summed E-state index contributed by atoms with van der Waals surface area (Å²) in [6.45, 7) is 1.79. The van der Waals surface area contributed by atoms with Crippen LogP contribution in [0.5, 0.6) is 0 Å². The van der Waals surface area contributed by atoms with Crippen molar-refractivity contribution in [3.8, 4) is 5.69 Å². The molecule has 0 amide bonds. The molecule has 1 aliphatic heterocycles. The molecule has 0 aliphatic carbocycles. The fourth-order valence-corrected chi connectivity index (χ4v) is 3.40. The first kappa shape index (κ1) is 16.5. The van der Waals surface area contributed by atoms with Crippen LogP contribution in [0.3, 0.4) is 0 Å². The number of benzene rings is 2. The van der Waals surface area contributed by atoms with Gasteiger partial charge in [0.05, 0.1) is 23.6 Å². The van der Waals surface area contributed by atoms with Crippen molar-refractivity contribution in [1.82, 2.24) is 9.55 Å². The van der Waals surface area contributed by atoms with Crippen molar-refractivity contribution in [2.24, 2.45) is 4.99 Å². The van der Waals surface area contributed by atoms with Crippen LogP contribution in [0, 0.1) is 12.7 Å². The van der Waals surface area contributed by atoms with Gasteiger partial charge in [-0.25, -0.2) is 14.2 Å². The van der Waals surface area contributed by atoms with Gasteiger partial charge in [0.1, 0.15) is 11.6 Å². The number of hydrogen-bond acceptors (Lipinski definition) is 3. The number of fused-ring (bicyclic) bond motifs is 3. The zero-order chi connectivity index (χ0) is 18.4. The molecule has 0 spiro atoms. The van der Waals surface area contributed by atoms with Gasteiger partial charge in [0.25, 0.3) is 0 Å². The van der Waals surface area contributed by atoms with Crippen LogP contribution in [0.2, 0.25) is 5.02 Å². The molecular weight excluding hydrogens is 357 g/mol. The van der Waals surface area contributed by atoms with E-state index in [1.54, 1.807) is 47.9 Å².